The molecule has 0 unspecified atom stereocenters. The Morgan fingerprint density at radius 3 is 2.31 bits per heavy atom. The monoisotopic (exact) mass is 497 g/mol. The number of amides is 1. The summed E-state index contributed by atoms with van der Waals surface area (Å²) in [5.41, 5.74) is 1.87. The number of anilines is 1. The summed E-state index contributed by atoms with van der Waals surface area (Å²) in [6.07, 6.45) is 0. The number of nitrogens with zero attached hydrogens (tertiary/aromatic N) is 3. The van der Waals surface area contributed by atoms with Crippen LogP contribution in [0.15, 0.2) is 36.4 Å². The van der Waals surface area contributed by atoms with Crippen molar-refractivity contribution in [1.29, 1.82) is 0 Å². The van der Waals surface area contributed by atoms with Crippen molar-refractivity contribution >= 4 is 56.6 Å². The lowest BCUT2D eigenvalue weighted by molar-refractivity contribution is -0.120. The molecule has 0 fully saturated rings. The molecule has 0 bridgehead atoms. The molecule has 6 nitrogen and oxygen atoms in total. The third-order valence-corrected chi connectivity index (χ3v) is 6.71. The van der Waals surface area contributed by atoms with Gasteiger partial charge in [0.05, 0.1) is 22.3 Å². The summed E-state index contributed by atoms with van der Waals surface area (Å²) in [6, 6.07) is 11.0. The van der Waals surface area contributed by atoms with E-state index in [1.54, 1.807) is 36.3 Å². The van der Waals surface area contributed by atoms with Crippen molar-refractivity contribution < 1.29 is 14.3 Å². The molecule has 1 aromatic heterocycles. The van der Waals surface area contributed by atoms with Crippen LogP contribution in [0.25, 0.3) is 10.2 Å². The maximum atomic E-state index is 13.2. The second kappa shape index (κ2) is 12.3. The zero-order chi connectivity index (χ0) is 22.4. The van der Waals surface area contributed by atoms with E-state index in [0.717, 1.165) is 41.2 Å². The highest BCUT2D eigenvalue weighted by Gasteiger charge is 2.22. The zero-order valence-corrected chi connectivity index (χ0v) is 21.1. The number of hydrogen-bond donors (Lipinski definition) is 0. The molecule has 1 heterocycles. The lowest BCUT2D eigenvalue weighted by Gasteiger charge is -2.24. The van der Waals surface area contributed by atoms with Crippen LogP contribution in [0.4, 0.5) is 5.13 Å². The first kappa shape index (κ1) is 26.2. The van der Waals surface area contributed by atoms with E-state index in [0.29, 0.717) is 22.4 Å². The summed E-state index contributed by atoms with van der Waals surface area (Å²) >= 11 is 7.83. The Labute approximate surface area is 204 Å². The third-order valence-electron chi connectivity index (χ3n) is 5.17. The van der Waals surface area contributed by atoms with Crippen molar-refractivity contribution in [2.45, 2.75) is 20.8 Å². The van der Waals surface area contributed by atoms with Crippen LogP contribution < -0.4 is 14.4 Å². The van der Waals surface area contributed by atoms with Crippen molar-refractivity contribution in [3.8, 4) is 11.5 Å². The van der Waals surface area contributed by atoms with Gasteiger partial charge in [0.25, 0.3) is 5.91 Å². The first-order valence-electron chi connectivity index (χ1n) is 10.3. The molecule has 0 atom stereocenters. The van der Waals surface area contributed by atoms with Crippen LogP contribution in [-0.4, -0.2) is 55.7 Å². The minimum absolute atomic E-state index is 0. The van der Waals surface area contributed by atoms with Crippen LogP contribution in [0.3, 0.4) is 0 Å². The van der Waals surface area contributed by atoms with Crippen molar-refractivity contribution in [1.82, 2.24) is 9.88 Å². The molecular formula is C23H29Cl2N3O3S. The second-order valence-electron chi connectivity index (χ2n) is 7.07. The van der Waals surface area contributed by atoms with E-state index in [1.165, 1.54) is 11.3 Å². The smallest absolute Gasteiger partial charge is 0.266 e. The minimum Gasteiger partial charge on any atom is -0.497 e. The number of ether oxygens (including phenoxy) is 2. The molecule has 3 aromatic rings. The van der Waals surface area contributed by atoms with Gasteiger partial charge in [-0.1, -0.05) is 42.9 Å². The molecule has 3 rings (SSSR count). The second-order valence-corrected chi connectivity index (χ2v) is 8.46. The number of likely N-dealkylation sites (N-methyl/N-ethyl adjacent to an activating group) is 1. The number of aryl methyl sites for hydroxylation is 1. The number of rotatable bonds is 10. The summed E-state index contributed by atoms with van der Waals surface area (Å²) in [6.45, 7) is 9.28. The fourth-order valence-electron chi connectivity index (χ4n) is 3.21. The minimum atomic E-state index is -0.143. The molecule has 0 N–H and O–H groups in total. The van der Waals surface area contributed by atoms with E-state index < -0.39 is 0 Å². The zero-order valence-electron chi connectivity index (χ0n) is 18.8. The first-order valence-corrected chi connectivity index (χ1v) is 11.5. The molecule has 2 aromatic carbocycles. The van der Waals surface area contributed by atoms with Gasteiger partial charge in [0.2, 0.25) is 0 Å². The highest BCUT2D eigenvalue weighted by Crippen LogP contribution is 2.35. The maximum absolute atomic E-state index is 13.2. The molecule has 0 aliphatic rings. The standard InChI is InChI=1S/C23H28ClN3O3S.ClH/c1-5-26(6-2)13-14-27(20(28)15-30-18-10-8-17(29-4)9-11-18)23-25-21-16(3)7-12-19(24)22(21)31-23;/h7-12H,5-6,13-15H2,1-4H3;1H. The highest BCUT2D eigenvalue weighted by atomic mass is 35.5. The Kier molecular flexibility index (Phi) is 10.0. The lowest BCUT2D eigenvalue weighted by atomic mass is 10.2. The van der Waals surface area contributed by atoms with E-state index >= 15 is 0 Å². The van der Waals surface area contributed by atoms with Gasteiger partial charge in [0.1, 0.15) is 11.5 Å². The molecule has 0 spiro atoms. The van der Waals surface area contributed by atoms with Gasteiger partial charge in [-0.05, 0) is 55.9 Å². The van der Waals surface area contributed by atoms with Crippen LogP contribution in [0.2, 0.25) is 5.02 Å². The van der Waals surface area contributed by atoms with Gasteiger partial charge >= 0.3 is 0 Å². The van der Waals surface area contributed by atoms with Gasteiger partial charge < -0.3 is 14.4 Å². The first-order chi connectivity index (χ1) is 15.0. The number of hydrogen-bond acceptors (Lipinski definition) is 6. The van der Waals surface area contributed by atoms with Crippen LogP contribution in [0, 0.1) is 6.92 Å². The number of halogens is 2. The number of methoxy groups -OCH3 is 1. The number of fused-ring (bicyclic) bond motifs is 1. The molecule has 0 saturated heterocycles. The molecule has 0 aliphatic carbocycles. The van der Waals surface area contributed by atoms with E-state index in [2.05, 4.69) is 18.7 Å². The maximum Gasteiger partial charge on any atom is 0.266 e. The average molecular weight is 498 g/mol. The van der Waals surface area contributed by atoms with E-state index in [9.17, 15) is 4.79 Å². The van der Waals surface area contributed by atoms with Crippen LogP contribution in [-0.2, 0) is 4.79 Å². The van der Waals surface area contributed by atoms with Gasteiger partial charge in [-0.3, -0.25) is 9.69 Å². The molecule has 32 heavy (non-hydrogen) atoms. The normalized spacial score (nSPS) is 10.8. The molecule has 0 saturated carbocycles. The van der Waals surface area contributed by atoms with E-state index in [4.69, 9.17) is 26.1 Å². The average Bonchev–Trinajstić information content (AvgIpc) is 3.24. The van der Waals surface area contributed by atoms with Crippen molar-refractivity contribution in [3.63, 3.8) is 0 Å². The van der Waals surface area contributed by atoms with E-state index in [1.807, 2.05) is 19.1 Å². The van der Waals surface area contributed by atoms with Crippen LogP contribution in [0.1, 0.15) is 19.4 Å². The Balaban J connectivity index is 0.00000363. The van der Waals surface area contributed by atoms with Crippen molar-refractivity contribution in [2.24, 2.45) is 0 Å². The molecule has 174 valence electrons. The summed E-state index contributed by atoms with van der Waals surface area (Å²) in [5.74, 6) is 1.21. The molecule has 0 radical (unpaired) electrons. The highest BCUT2D eigenvalue weighted by molar-refractivity contribution is 7.23. The Bertz CT molecular complexity index is 984. The Morgan fingerprint density at radius 2 is 1.72 bits per heavy atom. The number of carbonyl (C=O) groups excluding carboxylic acids is 1. The predicted octanol–water partition coefficient (Wildman–Crippen LogP) is 5.44. The van der Waals surface area contributed by atoms with E-state index in [-0.39, 0.29) is 24.9 Å². The Hall–Kier alpha value is -2.06. The number of thiazole rings is 1. The molecule has 0 aliphatic heterocycles. The SMILES string of the molecule is CCN(CC)CCN(C(=O)COc1ccc(OC)cc1)c1nc2c(C)ccc(Cl)c2s1.Cl. The summed E-state index contributed by atoms with van der Waals surface area (Å²) in [7, 11) is 1.61. The number of carbonyl (C=O) groups is 1. The summed E-state index contributed by atoms with van der Waals surface area (Å²) < 4.78 is 11.8. The van der Waals surface area contributed by atoms with Crippen molar-refractivity contribution in [3.05, 3.63) is 47.0 Å². The molecule has 9 heteroatoms. The quantitative estimate of drug-likeness (QED) is 0.373. The summed E-state index contributed by atoms with van der Waals surface area (Å²) in [4.78, 5) is 21.9. The van der Waals surface area contributed by atoms with Gasteiger partial charge in [-0.15, -0.1) is 12.4 Å². The summed E-state index contributed by atoms with van der Waals surface area (Å²) in [5, 5.41) is 1.29. The third kappa shape index (κ3) is 6.25. The fraction of sp³-hybridized carbons (Fsp3) is 0.391. The largest absolute Gasteiger partial charge is 0.497 e. The van der Waals surface area contributed by atoms with Gasteiger partial charge in [0, 0.05) is 13.1 Å². The van der Waals surface area contributed by atoms with Gasteiger partial charge in [-0.25, -0.2) is 4.98 Å². The number of benzene rings is 2. The molecular weight excluding hydrogens is 469 g/mol. The predicted molar refractivity (Wildman–Crippen MR) is 135 cm³/mol. The van der Waals surface area contributed by atoms with Gasteiger partial charge in [0.15, 0.2) is 11.7 Å². The fourth-order valence-corrected chi connectivity index (χ4v) is 4.57. The van der Waals surface area contributed by atoms with Crippen molar-refractivity contribution in [2.75, 3.05) is 44.8 Å². The Morgan fingerprint density at radius 1 is 1.06 bits per heavy atom. The topological polar surface area (TPSA) is 54.9 Å². The lowest BCUT2D eigenvalue weighted by Crippen LogP contribution is -2.41. The molecule has 1 amide bonds. The van der Waals surface area contributed by atoms with Gasteiger partial charge in [-0.2, -0.15) is 0 Å². The number of aromatic nitrogens is 1. The van der Waals surface area contributed by atoms with Crippen LogP contribution in [0.5, 0.6) is 11.5 Å². The van der Waals surface area contributed by atoms with Crippen LogP contribution >= 0.6 is 35.3 Å².